The third-order valence-corrected chi connectivity index (χ3v) is 10.6. The van der Waals surface area contributed by atoms with Gasteiger partial charge in [-0.05, 0) is 43.8 Å². The predicted octanol–water partition coefficient (Wildman–Crippen LogP) is 3.11. The maximum Gasteiger partial charge on any atom is 0.316 e. The molecule has 0 aromatic heterocycles. The number of aliphatic hydroxyl groups excluding tert-OH is 2. The molecule has 0 radical (unpaired) electrons. The summed E-state index contributed by atoms with van der Waals surface area (Å²) in [4.78, 5) is 13.9. The highest BCUT2D eigenvalue weighted by molar-refractivity contribution is 5.78. The molecule has 6 rings (SSSR count). The minimum absolute atomic E-state index is 0.0452. The first-order valence-corrected chi connectivity index (χ1v) is 15.4. The SMILES string of the molecule is CCC1O[C@]2(CC[C@@H]1C)C[C@@H]1C[C@@H](C[C@H]3O[C@@]3(C)[C@H](O)[C@@H](C)/C=C/C=C3\CO[C@@H]4[C@H](O)C(C)=C[C@@H](C(=O)O1)[C@]34O)O2. The molecule has 13 atom stereocenters. The Morgan fingerprint density at radius 2 is 1.88 bits per heavy atom. The molecule has 0 aromatic rings. The average molecular weight is 575 g/mol. The molecule has 4 fully saturated rings. The van der Waals surface area contributed by atoms with Crippen LogP contribution in [0.15, 0.2) is 35.5 Å². The molecular weight excluding hydrogens is 528 g/mol. The third-order valence-electron chi connectivity index (χ3n) is 10.6. The van der Waals surface area contributed by atoms with E-state index in [9.17, 15) is 20.1 Å². The Kier molecular flexibility index (Phi) is 7.58. The number of allylic oxidation sites excluding steroid dienone is 2. The van der Waals surface area contributed by atoms with Crippen LogP contribution in [0.2, 0.25) is 0 Å². The lowest BCUT2D eigenvalue weighted by Crippen LogP contribution is -2.58. The average Bonchev–Trinajstić information content (AvgIpc) is 3.45. The van der Waals surface area contributed by atoms with Crippen LogP contribution in [0.25, 0.3) is 0 Å². The number of fused-ring (bicyclic) bond motifs is 3. The zero-order valence-electron chi connectivity index (χ0n) is 24.8. The van der Waals surface area contributed by atoms with Gasteiger partial charge < -0.3 is 39.0 Å². The van der Waals surface area contributed by atoms with Gasteiger partial charge in [-0.15, -0.1) is 0 Å². The van der Waals surface area contributed by atoms with E-state index in [4.69, 9.17) is 23.7 Å². The first-order valence-electron chi connectivity index (χ1n) is 15.4. The number of carbonyl (C=O) groups is 1. The Hall–Kier alpha value is -1.59. The largest absolute Gasteiger partial charge is 0.462 e. The molecule has 1 aliphatic carbocycles. The summed E-state index contributed by atoms with van der Waals surface area (Å²) >= 11 is 0. The van der Waals surface area contributed by atoms with Crippen molar-refractivity contribution in [3.8, 4) is 0 Å². The number of aliphatic hydroxyl groups is 3. The number of hydrogen-bond donors (Lipinski definition) is 3. The van der Waals surface area contributed by atoms with Crippen LogP contribution < -0.4 is 0 Å². The van der Waals surface area contributed by atoms with Gasteiger partial charge in [-0.1, -0.05) is 45.1 Å². The highest BCUT2D eigenvalue weighted by Crippen LogP contribution is 2.50. The molecule has 9 heteroatoms. The second-order valence-electron chi connectivity index (χ2n) is 13.5. The van der Waals surface area contributed by atoms with Crippen molar-refractivity contribution in [3.63, 3.8) is 0 Å². The summed E-state index contributed by atoms with van der Waals surface area (Å²) in [5.41, 5.74) is -1.43. The van der Waals surface area contributed by atoms with E-state index in [1.807, 2.05) is 19.9 Å². The Balaban J connectivity index is 1.37. The standard InChI is InChI=1S/C32H46O9/c1-6-24-17(2)10-11-31(40-24)15-22-13-21(39-31)14-25-30(5,41-25)27(34)18(3)8-7-9-20-16-37-28-26(33)19(4)12-23(29(35)38-22)32(20,28)36/h7-9,12,17-18,21-28,33-34,36H,6,10-11,13-16H2,1-5H3/b8-7+,20-9+/t17-,18-,21-,22-,23-,24?,25+,26+,27+,28+,30+,31+,32+/m0/s1. The molecule has 0 amide bonds. The van der Waals surface area contributed by atoms with Crippen LogP contribution in [-0.4, -0.2) is 87.6 Å². The highest BCUT2D eigenvalue weighted by atomic mass is 16.7. The van der Waals surface area contributed by atoms with Gasteiger partial charge in [0, 0.05) is 31.6 Å². The van der Waals surface area contributed by atoms with Gasteiger partial charge in [0.1, 0.15) is 35.4 Å². The van der Waals surface area contributed by atoms with Crippen molar-refractivity contribution in [1.82, 2.24) is 0 Å². The van der Waals surface area contributed by atoms with E-state index in [0.717, 1.165) is 12.8 Å². The molecule has 9 nitrogen and oxygen atoms in total. The first-order chi connectivity index (χ1) is 19.4. The van der Waals surface area contributed by atoms with Crippen molar-refractivity contribution in [2.45, 2.75) is 133 Å². The summed E-state index contributed by atoms with van der Waals surface area (Å²) in [5.74, 6) is -2.30. The molecule has 1 spiro atoms. The lowest BCUT2D eigenvalue weighted by molar-refractivity contribution is -0.336. The topological polar surface area (TPSA) is 127 Å². The Morgan fingerprint density at radius 3 is 2.63 bits per heavy atom. The zero-order valence-corrected chi connectivity index (χ0v) is 24.8. The van der Waals surface area contributed by atoms with Crippen LogP contribution in [-0.2, 0) is 28.5 Å². The maximum absolute atomic E-state index is 13.9. The van der Waals surface area contributed by atoms with Gasteiger partial charge in [-0.2, -0.15) is 0 Å². The predicted molar refractivity (Wildman–Crippen MR) is 149 cm³/mol. The Labute approximate surface area is 242 Å². The van der Waals surface area contributed by atoms with Gasteiger partial charge in [-0.25, -0.2) is 0 Å². The van der Waals surface area contributed by atoms with E-state index in [1.165, 1.54) is 0 Å². The van der Waals surface area contributed by atoms with Gasteiger partial charge in [0.2, 0.25) is 0 Å². The minimum Gasteiger partial charge on any atom is -0.462 e. The van der Waals surface area contributed by atoms with Crippen LogP contribution in [0.5, 0.6) is 0 Å². The van der Waals surface area contributed by atoms with Crippen LogP contribution >= 0.6 is 0 Å². The summed E-state index contributed by atoms with van der Waals surface area (Å²) in [7, 11) is 0. The molecule has 4 saturated heterocycles. The molecule has 0 saturated carbocycles. The van der Waals surface area contributed by atoms with Crippen molar-refractivity contribution >= 4 is 5.97 Å². The fourth-order valence-electron chi connectivity index (χ4n) is 7.90. The molecule has 3 N–H and O–H groups in total. The number of esters is 1. The van der Waals surface area contributed by atoms with Gasteiger partial charge in [0.25, 0.3) is 0 Å². The molecule has 0 aromatic carbocycles. The summed E-state index contributed by atoms with van der Waals surface area (Å²) < 4.78 is 31.5. The van der Waals surface area contributed by atoms with Gasteiger partial charge in [0.15, 0.2) is 5.79 Å². The third kappa shape index (κ3) is 4.95. The summed E-state index contributed by atoms with van der Waals surface area (Å²) in [5, 5.41) is 34.2. The molecule has 2 bridgehead atoms. The van der Waals surface area contributed by atoms with E-state index in [1.54, 1.807) is 25.2 Å². The van der Waals surface area contributed by atoms with Gasteiger partial charge >= 0.3 is 5.97 Å². The fraction of sp³-hybridized carbons (Fsp3) is 0.781. The first kappa shape index (κ1) is 29.5. The summed E-state index contributed by atoms with van der Waals surface area (Å²) in [6.45, 7) is 9.97. The van der Waals surface area contributed by atoms with Crippen LogP contribution in [0.1, 0.15) is 73.1 Å². The number of rotatable bonds is 1. The lowest BCUT2D eigenvalue weighted by atomic mass is 9.71. The fourth-order valence-corrected chi connectivity index (χ4v) is 7.90. The normalized spacial score (nSPS) is 53.8. The molecule has 41 heavy (non-hydrogen) atoms. The van der Waals surface area contributed by atoms with Gasteiger partial charge in [0.05, 0.1) is 31.0 Å². The lowest BCUT2D eigenvalue weighted by Gasteiger charge is -2.50. The summed E-state index contributed by atoms with van der Waals surface area (Å²) in [6, 6.07) is 0. The zero-order chi connectivity index (χ0) is 29.3. The van der Waals surface area contributed by atoms with E-state index < -0.39 is 53.3 Å². The Morgan fingerprint density at radius 1 is 1.10 bits per heavy atom. The van der Waals surface area contributed by atoms with Crippen LogP contribution in [0.4, 0.5) is 0 Å². The molecule has 5 aliphatic heterocycles. The van der Waals surface area contributed by atoms with E-state index in [-0.39, 0.29) is 30.8 Å². The van der Waals surface area contributed by atoms with Crippen molar-refractivity contribution in [1.29, 1.82) is 0 Å². The second-order valence-corrected chi connectivity index (χ2v) is 13.5. The van der Waals surface area contributed by atoms with Crippen LogP contribution in [0.3, 0.4) is 0 Å². The molecular formula is C32H46O9. The quantitative estimate of drug-likeness (QED) is 0.246. The molecule has 6 aliphatic rings. The minimum atomic E-state index is -1.76. The van der Waals surface area contributed by atoms with Crippen LogP contribution in [0, 0.1) is 17.8 Å². The van der Waals surface area contributed by atoms with E-state index in [0.29, 0.717) is 42.7 Å². The molecule has 228 valence electrons. The highest BCUT2D eigenvalue weighted by Gasteiger charge is 2.62. The maximum atomic E-state index is 13.9. The monoisotopic (exact) mass is 574 g/mol. The smallest absolute Gasteiger partial charge is 0.316 e. The summed E-state index contributed by atoms with van der Waals surface area (Å²) in [6.07, 6.45) is 7.18. The van der Waals surface area contributed by atoms with Crippen molar-refractivity contribution in [3.05, 3.63) is 35.5 Å². The number of ether oxygens (including phenoxy) is 5. The van der Waals surface area contributed by atoms with E-state index in [2.05, 4.69) is 13.8 Å². The second kappa shape index (κ2) is 10.5. The van der Waals surface area contributed by atoms with Crippen molar-refractivity contribution in [2.75, 3.05) is 6.61 Å². The van der Waals surface area contributed by atoms with Crippen molar-refractivity contribution in [2.24, 2.45) is 17.8 Å². The number of carbonyl (C=O) groups excluding carboxylic acids is 1. The van der Waals surface area contributed by atoms with E-state index >= 15 is 0 Å². The Bertz CT molecular complexity index is 1130. The van der Waals surface area contributed by atoms with Gasteiger partial charge in [-0.3, -0.25) is 4.79 Å². The molecule has 1 unspecified atom stereocenters. The molecule has 5 heterocycles. The number of hydrogen-bond acceptors (Lipinski definition) is 9. The van der Waals surface area contributed by atoms with Crippen molar-refractivity contribution < 1.29 is 43.8 Å². The number of epoxide rings is 1.